The molecule has 96 valence electrons. The van der Waals surface area contributed by atoms with Crippen LogP contribution in [0.3, 0.4) is 0 Å². The number of ether oxygens (including phenoxy) is 1. The summed E-state index contributed by atoms with van der Waals surface area (Å²) in [5.74, 6) is -1.38. The van der Waals surface area contributed by atoms with Crippen molar-refractivity contribution < 1.29 is 28.2 Å². The van der Waals surface area contributed by atoms with Crippen LogP contribution >= 0.6 is 0 Å². The van der Waals surface area contributed by atoms with Gasteiger partial charge in [-0.3, -0.25) is 4.79 Å². The van der Waals surface area contributed by atoms with Crippen LogP contribution in [0, 0.1) is 6.92 Å². The first-order valence-electron chi connectivity index (χ1n) is 4.89. The van der Waals surface area contributed by atoms with E-state index in [1.54, 1.807) is 6.92 Å². The standard InChI is InChI=1S/C12H10F2O4/c1-7-4-10(18-12(13)14)9(6-15)5-8(7)2-3-11(16)17/h2-6,12H,1H3,(H,16,17)/b3-2+. The molecular weight excluding hydrogens is 246 g/mol. The van der Waals surface area contributed by atoms with Gasteiger partial charge in [-0.2, -0.15) is 8.78 Å². The van der Waals surface area contributed by atoms with Gasteiger partial charge in [-0.05, 0) is 36.3 Å². The zero-order valence-corrected chi connectivity index (χ0v) is 9.39. The van der Waals surface area contributed by atoms with E-state index < -0.39 is 12.6 Å². The Morgan fingerprint density at radius 1 is 1.39 bits per heavy atom. The van der Waals surface area contributed by atoms with Crippen molar-refractivity contribution in [3.63, 3.8) is 0 Å². The summed E-state index contributed by atoms with van der Waals surface area (Å²) >= 11 is 0. The first kappa shape index (κ1) is 13.8. The molecule has 0 aliphatic rings. The van der Waals surface area contributed by atoms with Gasteiger partial charge in [0, 0.05) is 6.08 Å². The fraction of sp³-hybridized carbons (Fsp3) is 0.167. The summed E-state index contributed by atoms with van der Waals surface area (Å²) in [7, 11) is 0. The number of alkyl halides is 2. The number of carbonyl (C=O) groups excluding carboxylic acids is 1. The summed E-state index contributed by atoms with van der Waals surface area (Å²) in [5, 5.41) is 8.49. The van der Waals surface area contributed by atoms with Gasteiger partial charge in [0.2, 0.25) is 0 Å². The van der Waals surface area contributed by atoms with Gasteiger partial charge < -0.3 is 9.84 Å². The van der Waals surface area contributed by atoms with Gasteiger partial charge in [-0.15, -0.1) is 0 Å². The highest BCUT2D eigenvalue weighted by atomic mass is 19.3. The number of carboxylic acid groups (broad SMARTS) is 1. The van der Waals surface area contributed by atoms with E-state index >= 15 is 0 Å². The van der Waals surface area contributed by atoms with Crippen LogP contribution in [0.5, 0.6) is 5.75 Å². The second-order valence-corrected chi connectivity index (χ2v) is 3.41. The zero-order valence-electron chi connectivity index (χ0n) is 9.39. The van der Waals surface area contributed by atoms with Crippen molar-refractivity contribution >= 4 is 18.3 Å². The van der Waals surface area contributed by atoms with Crippen molar-refractivity contribution in [3.05, 3.63) is 34.9 Å². The number of hydrogen-bond donors (Lipinski definition) is 1. The number of carbonyl (C=O) groups is 2. The Balaban J connectivity index is 3.17. The van der Waals surface area contributed by atoms with Crippen molar-refractivity contribution in [2.45, 2.75) is 13.5 Å². The van der Waals surface area contributed by atoms with Crippen molar-refractivity contribution in [2.24, 2.45) is 0 Å². The third-order valence-electron chi connectivity index (χ3n) is 2.15. The molecule has 0 fully saturated rings. The average Bonchev–Trinajstić information content (AvgIpc) is 2.27. The van der Waals surface area contributed by atoms with Crippen LogP contribution in [0.1, 0.15) is 21.5 Å². The molecule has 0 aliphatic carbocycles. The summed E-state index contributed by atoms with van der Waals surface area (Å²) in [5.41, 5.74) is 0.904. The third kappa shape index (κ3) is 3.65. The van der Waals surface area contributed by atoms with Crippen LogP contribution in [0.2, 0.25) is 0 Å². The predicted molar refractivity (Wildman–Crippen MR) is 59.9 cm³/mol. The molecule has 1 N–H and O–H groups in total. The van der Waals surface area contributed by atoms with E-state index in [9.17, 15) is 18.4 Å². The minimum absolute atomic E-state index is 0.0639. The van der Waals surface area contributed by atoms with E-state index in [2.05, 4.69) is 4.74 Å². The monoisotopic (exact) mass is 256 g/mol. The van der Waals surface area contributed by atoms with E-state index in [-0.39, 0.29) is 11.3 Å². The van der Waals surface area contributed by atoms with Gasteiger partial charge in [-0.1, -0.05) is 0 Å². The molecule has 0 spiro atoms. The lowest BCUT2D eigenvalue weighted by molar-refractivity contribution is -0.131. The number of aldehydes is 1. The lowest BCUT2D eigenvalue weighted by Gasteiger charge is -2.10. The molecule has 0 aliphatic heterocycles. The van der Waals surface area contributed by atoms with E-state index in [0.717, 1.165) is 6.08 Å². The van der Waals surface area contributed by atoms with Gasteiger partial charge in [0.15, 0.2) is 6.29 Å². The molecular formula is C12H10F2O4. The van der Waals surface area contributed by atoms with Gasteiger partial charge in [0.25, 0.3) is 0 Å². The number of hydrogen-bond acceptors (Lipinski definition) is 3. The van der Waals surface area contributed by atoms with Crippen LogP contribution < -0.4 is 4.74 Å². The molecule has 0 radical (unpaired) electrons. The maximum absolute atomic E-state index is 12.1. The Hall–Kier alpha value is -2.24. The molecule has 1 aromatic rings. The molecule has 1 aromatic carbocycles. The minimum Gasteiger partial charge on any atom is -0.478 e. The van der Waals surface area contributed by atoms with Gasteiger partial charge in [0.05, 0.1) is 5.56 Å². The number of carboxylic acids is 1. The Kier molecular flexibility index (Phi) is 4.53. The maximum Gasteiger partial charge on any atom is 0.387 e. The summed E-state index contributed by atoms with van der Waals surface area (Å²) < 4.78 is 28.4. The highest BCUT2D eigenvalue weighted by Gasteiger charge is 2.11. The number of halogens is 2. The Labute approximate surface area is 101 Å². The van der Waals surface area contributed by atoms with Crippen LogP contribution in [0.25, 0.3) is 6.08 Å². The summed E-state index contributed by atoms with van der Waals surface area (Å²) in [4.78, 5) is 21.1. The maximum atomic E-state index is 12.1. The van der Waals surface area contributed by atoms with Crippen molar-refractivity contribution in [2.75, 3.05) is 0 Å². The molecule has 0 saturated carbocycles. The second kappa shape index (κ2) is 5.90. The van der Waals surface area contributed by atoms with Crippen LogP contribution in [0.4, 0.5) is 8.78 Å². The van der Waals surface area contributed by atoms with Crippen molar-refractivity contribution in [1.29, 1.82) is 0 Å². The molecule has 0 amide bonds. The SMILES string of the molecule is Cc1cc(OC(F)F)c(C=O)cc1/C=C/C(=O)O. The second-order valence-electron chi connectivity index (χ2n) is 3.41. The molecule has 1 rings (SSSR count). The molecule has 0 atom stereocenters. The highest BCUT2D eigenvalue weighted by molar-refractivity contribution is 5.87. The molecule has 4 nitrogen and oxygen atoms in total. The minimum atomic E-state index is -3.02. The van der Waals surface area contributed by atoms with Crippen LogP contribution in [-0.2, 0) is 4.79 Å². The summed E-state index contributed by atoms with van der Waals surface area (Å²) in [6.07, 6.45) is 2.54. The number of aryl methyl sites for hydroxylation is 1. The molecule has 0 unspecified atom stereocenters. The summed E-state index contributed by atoms with van der Waals surface area (Å²) in [6, 6.07) is 2.55. The zero-order chi connectivity index (χ0) is 13.7. The van der Waals surface area contributed by atoms with Crippen LogP contribution in [0.15, 0.2) is 18.2 Å². The topological polar surface area (TPSA) is 63.6 Å². The molecule has 0 aromatic heterocycles. The van der Waals surface area contributed by atoms with Crippen molar-refractivity contribution in [1.82, 2.24) is 0 Å². The first-order valence-corrected chi connectivity index (χ1v) is 4.89. The van der Waals surface area contributed by atoms with E-state index in [1.165, 1.54) is 18.2 Å². The van der Waals surface area contributed by atoms with Gasteiger partial charge in [0.1, 0.15) is 5.75 Å². The van der Waals surface area contributed by atoms with Crippen molar-refractivity contribution in [3.8, 4) is 5.75 Å². The number of rotatable bonds is 5. The Morgan fingerprint density at radius 3 is 2.56 bits per heavy atom. The molecule has 0 bridgehead atoms. The van der Waals surface area contributed by atoms with Gasteiger partial charge in [-0.25, -0.2) is 4.79 Å². The molecule has 6 heteroatoms. The lowest BCUT2D eigenvalue weighted by atomic mass is 10.0. The smallest absolute Gasteiger partial charge is 0.387 e. The number of aliphatic carboxylic acids is 1. The Morgan fingerprint density at radius 2 is 2.06 bits per heavy atom. The fourth-order valence-corrected chi connectivity index (χ4v) is 1.35. The molecule has 0 saturated heterocycles. The lowest BCUT2D eigenvalue weighted by Crippen LogP contribution is -2.05. The Bertz CT molecular complexity index is 495. The summed E-state index contributed by atoms with van der Waals surface area (Å²) in [6.45, 7) is -1.43. The third-order valence-corrected chi connectivity index (χ3v) is 2.15. The van der Waals surface area contributed by atoms with E-state index in [0.29, 0.717) is 17.4 Å². The van der Waals surface area contributed by atoms with Crippen LogP contribution in [-0.4, -0.2) is 24.0 Å². The normalized spacial score (nSPS) is 10.9. The average molecular weight is 256 g/mol. The quantitative estimate of drug-likeness (QED) is 0.649. The van der Waals surface area contributed by atoms with E-state index in [1.807, 2.05) is 0 Å². The largest absolute Gasteiger partial charge is 0.478 e. The molecule has 0 heterocycles. The van der Waals surface area contributed by atoms with Gasteiger partial charge >= 0.3 is 12.6 Å². The predicted octanol–water partition coefficient (Wildman–Crippen LogP) is 2.51. The number of benzene rings is 1. The molecule has 18 heavy (non-hydrogen) atoms. The highest BCUT2D eigenvalue weighted by Crippen LogP contribution is 2.24. The fourth-order valence-electron chi connectivity index (χ4n) is 1.35. The van der Waals surface area contributed by atoms with E-state index in [4.69, 9.17) is 5.11 Å². The first-order chi connectivity index (χ1) is 8.43.